The van der Waals surface area contributed by atoms with E-state index < -0.39 is 0 Å². The zero-order valence-corrected chi connectivity index (χ0v) is 10.8. The summed E-state index contributed by atoms with van der Waals surface area (Å²) >= 11 is 0. The van der Waals surface area contributed by atoms with E-state index >= 15 is 0 Å². The van der Waals surface area contributed by atoms with E-state index in [9.17, 15) is 0 Å². The van der Waals surface area contributed by atoms with Crippen LogP contribution in [-0.2, 0) is 17.9 Å². The van der Waals surface area contributed by atoms with E-state index in [0.717, 1.165) is 23.8 Å². The van der Waals surface area contributed by atoms with Crippen molar-refractivity contribution in [1.82, 2.24) is 15.3 Å². The molecule has 0 saturated heterocycles. The molecule has 1 heterocycles. The van der Waals surface area contributed by atoms with Crippen molar-refractivity contribution in [3.63, 3.8) is 0 Å². The van der Waals surface area contributed by atoms with E-state index in [1.807, 2.05) is 13.8 Å². The first kappa shape index (κ1) is 13.1. The smallest absolute Gasteiger partial charge is 0.154 e. The summed E-state index contributed by atoms with van der Waals surface area (Å²) in [5.41, 5.74) is 3.26. The predicted molar refractivity (Wildman–Crippen MR) is 64.2 cm³/mol. The fourth-order valence-electron chi connectivity index (χ4n) is 1.56. The largest absolute Gasteiger partial charge is 0.377 e. The van der Waals surface area contributed by atoms with Crippen molar-refractivity contribution in [1.29, 1.82) is 0 Å². The van der Waals surface area contributed by atoms with Crippen LogP contribution in [0.2, 0.25) is 0 Å². The predicted octanol–water partition coefficient (Wildman–Crippen LogP) is 1.74. The van der Waals surface area contributed by atoms with Crippen molar-refractivity contribution in [2.24, 2.45) is 0 Å². The SMILES string of the molecule is COCc1nc(C)c(CNC(C)C)c(C)n1. The molecule has 1 aromatic heterocycles. The highest BCUT2D eigenvalue weighted by atomic mass is 16.5. The summed E-state index contributed by atoms with van der Waals surface area (Å²) in [6, 6.07) is 0.470. The molecule has 16 heavy (non-hydrogen) atoms. The first-order chi connectivity index (χ1) is 7.54. The second kappa shape index (κ2) is 5.92. The zero-order chi connectivity index (χ0) is 12.1. The molecule has 4 heteroatoms. The number of hydrogen-bond donors (Lipinski definition) is 1. The Bertz CT molecular complexity index is 327. The number of aromatic nitrogens is 2. The maximum Gasteiger partial charge on any atom is 0.154 e. The van der Waals surface area contributed by atoms with Crippen LogP contribution in [0.15, 0.2) is 0 Å². The lowest BCUT2D eigenvalue weighted by Gasteiger charge is -2.13. The fourth-order valence-corrected chi connectivity index (χ4v) is 1.56. The van der Waals surface area contributed by atoms with Crippen LogP contribution < -0.4 is 5.32 Å². The van der Waals surface area contributed by atoms with Gasteiger partial charge in [0.05, 0.1) is 0 Å². The van der Waals surface area contributed by atoms with Crippen LogP contribution >= 0.6 is 0 Å². The van der Waals surface area contributed by atoms with Gasteiger partial charge in [-0.05, 0) is 13.8 Å². The normalized spacial score (nSPS) is 11.1. The summed E-state index contributed by atoms with van der Waals surface area (Å²) in [6.45, 7) is 9.59. The number of ether oxygens (including phenoxy) is 1. The summed E-state index contributed by atoms with van der Waals surface area (Å²) in [7, 11) is 1.66. The van der Waals surface area contributed by atoms with Crippen LogP contribution in [0.25, 0.3) is 0 Å². The lowest BCUT2D eigenvalue weighted by atomic mass is 10.1. The number of methoxy groups -OCH3 is 1. The average Bonchev–Trinajstić information content (AvgIpc) is 2.16. The van der Waals surface area contributed by atoms with Gasteiger partial charge in [0.1, 0.15) is 6.61 Å². The highest BCUT2D eigenvalue weighted by Crippen LogP contribution is 2.10. The molecule has 0 unspecified atom stereocenters. The van der Waals surface area contributed by atoms with Crippen LogP contribution in [0, 0.1) is 13.8 Å². The zero-order valence-electron chi connectivity index (χ0n) is 10.8. The Hall–Kier alpha value is -1.00. The quantitative estimate of drug-likeness (QED) is 0.826. The van der Waals surface area contributed by atoms with Crippen molar-refractivity contribution in [2.75, 3.05) is 7.11 Å². The molecule has 1 N–H and O–H groups in total. The number of nitrogens with zero attached hydrogens (tertiary/aromatic N) is 2. The highest BCUT2D eigenvalue weighted by Gasteiger charge is 2.08. The topological polar surface area (TPSA) is 47.0 Å². The minimum absolute atomic E-state index is 0.470. The van der Waals surface area contributed by atoms with E-state index in [4.69, 9.17) is 4.74 Å². The number of hydrogen-bond acceptors (Lipinski definition) is 4. The molecule has 4 nitrogen and oxygen atoms in total. The lowest BCUT2D eigenvalue weighted by molar-refractivity contribution is 0.177. The molecule has 1 rings (SSSR count). The molecule has 1 aromatic rings. The molecule has 0 aliphatic heterocycles. The van der Waals surface area contributed by atoms with Crippen molar-refractivity contribution in [3.8, 4) is 0 Å². The molecule has 0 aliphatic rings. The van der Waals surface area contributed by atoms with Gasteiger partial charge >= 0.3 is 0 Å². The van der Waals surface area contributed by atoms with Gasteiger partial charge in [0.2, 0.25) is 0 Å². The van der Waals surface area contributed by atoms with Gasteiger partial charge in [0.25, 0.3) is 0 Å². The molecule has 0 fully saturated rings. The van der Waals surface area contributed by atoms with E-state index in [1.54, 1.807) is 7.11 Å². The molecule has 0 bridgehead atoms. The average molecular weight is 223 g/mol. The standard InChI is InChI=1S/C12H21N3O/c1-8(2)13-6-11-9(3)14-12(7-16-5)15-10(11)4/h8,13H,6-7H2,1-5H3. The highest BCUT2D eigenvalue weighted by molar-refractivity contribution is 5.24. The van der Waals surface area contributed by atoms with E-state index in [-0.39, 0.29) is 0 Å². The first-order valence-corrected chi connectivity index (χ1v) is 5.60. The fraction of sp³-hybridized carbons (Fsp3) is 0.667. The third-order valence-electron chi connectivity index (χ3n) is 2.43. The maximum atomic E-state index is 5.04. The van der Waals surface area contributed by atoms with Crippen LogP contribution in [0.3, 0.4) is 0 Å². The van der Waals surface area contributed by atoms with Crippen LogP contribution in [0.1, 0.15) is 36.6 Å². The minimum Gasteiger partial charge on any atom is -0.377 e. The van der Waals surface area contributed by atoms with Gasteiger partial charge in [0.15, 0.2) is 5.82 Å². The maximum absolute atomic E-state index is 5.04. The molecule has 0 saturated carbocycles. The monoisotopic (exact) mass is 223 g/mol. The summed E-state index contributed by atoms with van der Waals surface area (Å²) in [5.74, 6) is 0.755. The van der Waals surface area contributed by atoms with E-state index in [0.29, 0.717) is 12.6 Å². The molecule has 0 aromatic carbocycles. The minimum atomic E-state index is 0.470. The van der Waals surface area contributed by atoms with E-state index in [2.05, 4.69) is 29.1 Å². The molecule has 0 aliphatic carbocycles. The van der Waals surface area contributed by atoms with Gasteiger partial charge in [-0.3, -0.25) is 0 Å². The van der Waals surface area contributed by atoms with Gasteiger partial charge in [-0.25, -0.2) is 9.97 Å². The van der Waals surface area contributed by atoms with Crippen LogP contribution in [-0.4, -0.2) is 23.1 Å². The second-order valence-electron chi connectivity index (χ2n) is 4.26. The third kappa shape index (κ3) is 3.54. The summed E-state index contributed by atoms with van der Waals surface area (Å²) < 4.78 is 5.04. The lowest BCUT2D eigenvalue weighted by Crippen LogP contribution is -2.23. The van der Waals surface area contributed by atoms with Crippen molar-refractivity contribution < 1.29 is 4.74 Å². The van der Waals surface area contributed by atoms with Gasteiger partial charge in [-0.15, -0.1) is 0 Å². The van der Waals surface area contributed by atoms with Crippen molar-refractivity contribution >= 4 is 0 Å². The van der Waals surface area contributed by atoms with Crippen molar-refractivity contribution in [3.05, 3.63) is 22.8 Å². The molecule has 0 amide bonds. The Morgan fingerprint density at radius 1 is 1.19 bits per heavy atom. The Morgan fingerprint density at radius 3 is 2.19 bits per heavy atom. The Balaban J connectivity index is 2.85. The van der Waals surface area contributed by atoms with E-state index in [1.165, 1.54) is 5.56 Å². The summed E-state index contributed by atoms with van der Waals surface area (Å²) in [4.78, 5) is 8.85. The third-order valence-corrected chi connectivity index (χ3v) is 2.43. The van der Waals surface area contributed by atoms with Gasteiger partial charge in [0, 0.05) is 36.6 Å². The van der Waals surface area contributed by atoms with Crippen LogP contribution in [0.5, 0.6) is 0 Å². The van der Waals surface area contributed by atoms with Gasteiger partial charge in [-0.1, -0.05) is 13.8 Å². The Kier molecular flexibility index (Phi) is 4.83. The summed E-state index contributed by atoms with van der Waals surface area (Å²) in [5, 5.41) is 3.38. The molecule has 0 radical (unpaired) electrons. The number of rotatable bonds is 5. The van der Waals surface area contributed by atoms with Crippen LogP contribution in [0.4, 0.5) is 0 Å². The molecule has 90 valence electrons. The van der Waals surface area contributed by atoms with Crippen molar-refractivity contribution in [2.45, 2.75) is 46.9 Å². The second-order valence-corrected chi connectivity index (χ2v) is 4.26. The molecule has 0 atom stereocenters. The van der Waals surface area contributed by atoms with Gasteiger partial charge < -0.3 is 10.1 Å². The number of aryl methyl sites for hydroxylation is 2. The first-order valence-electron chi connectivity index (χ1n) is 5.60. The molecular formula is C12H21N3O. The molecule has 0 spiro atoms. The van der Waals surface area contributed by atoms with Gasteiger partial charge in [-0.2, -0.15) is 0 Å². The Morgan fingerprint density at radius 2 is 1.75 bits per heavy atom. The molecular weight excluding hydrogens is 202 g/mol. The summed E-state index contributed by atoms with van der Waals surface area (Å²) in [6.07, 6.45) is 0. The Labute approximate surface area is 97.5 Å². The number of nitrogens with one attached hydrogen (secondary N) is 1.